The Kier molecular flexibility index (Phi) is 9.18. The molecule has 3 nitrogen and oxygen atoms in total. The fourth-order valence-electron chi connectivity index (χ4n) is 0.793. The molecule has 2 N–H and O–H groups in total. The van der Waals surface area contributed by atoms with Gasteiger partial charge in [-0.3, -0.25) is 0 Å². The monoisotopic (exact) mass is 181 g/mol. The number of amides is 1. The third kappa shape index (κ3) is 9.56. The number of carbonyl (C=O) groups is 1. The fourth-order valence-corrected chi connectivity index (χ4v) is 0.793. The second-order valence-electron chi connectivity index (χ2n) is 2.49. The molecule has 0 fully saturated rings. The summed E-state index contributed by atoms with van der Waals surface area (Å²) in [5.74, 6) is 0. The van der Waals surface area contributed by atoms with Gasteiger partial charge in [-0.25, -0.2) is 4.79 Å². The van der Waals surface area contributed by atoms with E-state index in [-0.39, 0.29) is 18.4 Å². The molecule has 0 aromatic rings. The first-order valence-corrected chi connectivity index (χ1v) is 3.66. The average Bonchev–Trinajstić information content (AvgIpc) is 1.82. The van der Waals surface area contributed by atoms with Crippen LogP contribution in [0.2, 0.25) is 0 Å². The van der Waals surface area contributed by atoms with Crippen molar-refractivity contribution in [2.75, 3.05) is 0 Å². The molecule has 0 aliphatic carbocycles. The highest BCUT2D eigenvalue weighted by Gasteiger charge is 2.02. The van der Waals surface area contributed by atoms with E-state index in [1.54, 1.807) is 0 Å². The number of nitrogens with one attached hydrogen (secondary N) is 1. The van der Waals surface area contributed by atoms with Crippen LogP contribution in [0.15, 0.2) is 0 Å². The molecule has 1 unspecified atom stereocenters. The molecule has 1 amide bonds. The topological polar surface area (TPSA) is 49.3 Å². The van der Waals surface area contributed by atoms with Crippen molar-refractivity contribution in [1.82, 2.24) is 5.32 Å². The van der Waals surface area contributed by atoms with Crippen LogP contribution in [0.5, 0.6) is 0 Å². The van der Waals surface area contributed by atoms with E-state index in [4.69, 9.17) is 5.11 Å². The van der Waals surface area contributed by atoms with E-state index in [1.165, 1.54) is 0 Å². The molecular formula is C7H16ClNO2. The number of halogens is 1. The van der Waals surface area contributed by atoms with E-state index < -0.39 is 6.09 Å². The Morgan fingerprint density at radius 2 is 2.18 bits per heavy atom. The first kappa shape index (κ1) is 13.2. The van der Waals surface area contributed by atoms with Gasteiger partial charge in [0, 0.05) is 6.04 Å². The lowest BCUT2D eigenvalue weighted by Gasteiger charge is -2.09. The maximum Gasteiger partial charge on any atom is 0.404 e. The smallest absolute Gasteiger partial charge is 0.404 e. The van der Waals surface area contributed by atoms with Crippen LogP contribution < -0.4 is 5.32 Å². The lowest BCUT2D eigenvalue weighted by Crippen LogP contribution is -2.30. The summed E-state index contributed by atoms with van der Waals surface area (Å²) in [6.07, 6.45) is 2.21. The van der Waals surface area contributed by atoms with Gasteiger partial charge in [-0.15, -0.1) is 12.4 Å². The molecule has 0 aliphatic rings. The van der Waals surface area contributed by atoms with Gasteiger partial charge in [0.1, 0.15) is 0 Å². The summed E-state index contributed by atoms with van der Waals surface area (Å²) in [6.45, 7) is 3.97. The molecule has 0 aliphatic heterocycles. The van der Waals surface area contributed by atoms with Crippen LogP contribution in [0.3, 0.4) is 0 Å². The predicted octanol–water partition coefficient (Wildman–Crippen LogP) is 2.25. The molecule has 1 atom stereocenters. The first-order chi connectivity index (χ1) is 4.66. The van der Waals surface area contributed by atoms with Crippen molar-refractivity contribution in [3.8, 4) is 0 Å². The average molecular weight is 182 g/mol. The minimum atomic E-state index is -0.927. The zero-order valence-electron chi connectivity index (χ0n) is 6.96. The number of carboxylic acid groups (broad SMARTS) is 1. The molecule has 0 saturated carbocycles. The van der Waals surface area contributed by atoms with Gasteiger partial charge in [-0.1, -0.05) is 19.8 Å². The molecule has 68 valence electrons. The predicted molar refractivity (Wildman–Crippen MR) is 47.4 cm³/mol. The number of hydrogen-bond donors (Lipinski definition) is 2. The van der Waals surface area contributed by atoms with Crippen molar-refractivity contribution in [1.29, 1.82) is 0 Å². The van der Waals surface area contributed by atoms with Crippen LogP contribution in [0.4, 0.5) is 4.79 Å². The summed E-state index contributed by atoms with van der Waals surface area (Å²) in [5.41, 5.74) is 0. The van der Waals surface area contributed by atoms with Crippen LogP contribution in [0, 0.1) is 0 Å². The molecule has 0 spiro atoms. The summed E-state index contributed by atoms with van der Waals surface area (Å²) in [4.78, 5) is 10.1. The number of rotatable bonds is 4. The Morgan fingerprint density at radius 3 is 2.55 bits per heavy atom. The van der Waals surface area contributed by atoms with E-state index in [2.05, 4.69) is 12.2 Å². The van der Waals surface area contributed by atoms with Gasteiger partial charge in [0.2, 0.25) is 0 Å². The maximum absolute atomic E-state index is 10.1. The van der Waals surface area contributed by atoms with E-state index in [0.29, 0.717) is 0 Å². The molecule has 0 heterocycles. The van der Waals surface area contributed by atoms with Gasteiger partial charge < -0.3 is 10.4 Å². The minimum absolute atomic E-state index is 0. The zero-order chi connectivity index (χ0) is 7.98. The lowest BCUT2D eigenvalue weighted by atomic mass is 10.1. The van der Waals surface area contributed by atoms with Crippen LogP contribution in [-0.2, 0) is 0 Å². The Hall–Kier alpha value is -0.440. The number of unbranched alkanes of at least 4 members (excludes halogenated alkanes) is 1. The molecule has 4 heteroatoms. The third-order valence-electron chi connectivity index (χ3n) is 1.36. The van der Waals surface area contributed by atoms with Crippen molar-refractivity contribution in [3.63, 3.8) is 0 Å². The van der Waals surface area contributed by atoms with Gasteiger partial charge >= 0.3 is 6.09 Å². The highest BCUT2D eigenvalue weighted by Crippen LogP contribution is 1.98. The maximum atomic E-state index is 10.1. The normalized spacial score (nSPS) is 11.5. The Labute approximate surface area is 73.6 Å². The van der Waals surface area contributed by atoms with Gasteiger partial charge in [-0.2, -0.15) is 0 Å². The molecule has 0 rings (SSSR count). The van der Waals surface area contributed by atoms with Gasteiger partial charge in [-0.05, 0) is 13.3 Å². The van der Waals surface area contributed by atoms with E-state index in [0.717, 1.165) is 19.3 Å². The van der Waals surface area contributed by atoms with Crippen LogP contribution in [0.25, 0.3) is 0 Å². The van der Waals surface area contributed by atoms with Gasteiger partial charge in [0.25, 0.3) is 0 Å². The summed E-state index contributed by atoms with van der Waals surface area (Å²) in [7, 11) is 0. The van der Waals surface area contributed by atoms with Crippen LogP contribution in [0.1, 0.15) is 33.1 Å². The molecular weight excluding hydrogens is 166 g/mol. The largest absolute Gasteiger partial charge is 0.465 e. The molecule has 0 bridgehead atoms. The molecule has 0 saturated heterocycles. The van der Waals surface area contributed by atoms with Crippen LogP contribution >= 0.6 is 12.4 Å². The summed E-state index contributed by atoms with van der Waals surface area (Å²) < 4.78 is 0. The fraction of sp³-hybridized carbons (Fsp3) is 0.857. The molecule has 0 aromatic carbocycles. The first-order valence-electron chi connectivity index (χ1n) is 3.66. The van der Waals surface area contributed by atoms with E-state index in [9.17, 15) is 4.79 Å². The zero-order valence-corrected chi connectivity index (χ0v) is 7.78. The van der Waals surface area contributed by atoms with Crippen molar-refractivity contribution in [2.24, 2.45) is 0 Å². The van der Waals surface area contributed by atoms with E-state index >= 15 is 0 Å². The summed E-state index contributed by atoms with van der Waals surface area (Å²) in [6, 6.07) is 0.0949. The quantitative estimate of drug-likeness (QED) is 0.699. The summed E-state index contributed by atoms with van der Waals surface area (Å²) >= 11 is 0. The molecule has 0 aromatic heterocycles. The summed E-state index contributed by atoms with van der Waals surface area (Å²) in [5, 5.41) is 10.7. The van der Waals surface area contributed by atoms with Crippen molar-refractivity contribution >= 4 is 18.5 Å². The second-order valence-corrected chi connectivity index (χ2v) is 2.49. The highest BCUT2D eigenvalue weighted by molar-refractivity contribution is 5.85. The number of hydrogen-bond acceptors (Lipinski definition) is 1. The van der Waals surface area contributed by atoms with Gasteiger partial charge in [0.15, 0.2) is 0 Å². The Balaban J connectivity index is 0. The second kappa shape index (κ2) is 7.66. The minimum Gasteiger partial charge on any atom is -0.465 e. The SMILES string of the molecule is CCCCC(C)NC(=O)O.Cl. The van der Waals surface area contributed by atoms with Crippen LogP contribution in [-0.4, -0.2) is 17.2 Å². The van der Waals surface area contributed by atoms with Crippen molar-refractivity contribution < 1.29 is 9.90 Å². The highest BCUT2D eigenvalue weighted by atomic mass is 35.5. The third-order valence-corrected chi connectivity index (χ3v) is 1.36. The van der Waals surface area contributed by atoms with E-state index in [1.807, 2.05) is 6.92 Å². The van der Waals surface area contributed by atoms with Crippen molar-refractivity contribution in [3.05, 3.63) is 0 Å². The molecule has 0 radical (unpaired) electrons. The van der Waals surface area contributed by atoms with Crippen molar-refractivity contribution in [2.45, 2.75) is 39.2 Å². The molecule has 11 heavy (non-hydrogen) atoms. The Morgan fingerprint density at radius 1 is 1.64 bits per heavy atom. The standard InChI is InChI=1S/C7H15NO2.ClH/c1-3-4-5-6(2)8-7(9)10;/h6,8H,3-5H2,1-2H3,(H,9,10);1H. The van der Waals surface area contributed by atoms with Gasteiger partial charge in [0.05, 0.1) is 0 Å². The Bertz CT molecular complexity index is 109. The lowest BCUT2D eigenvalue weighted by molar-refractivity contribution is 0.190.